The number of carbonyl (C=O) groups excluding carboxylic acids is 3. The molecule has 3 atom stereocenters. The smallest absolute Gasteiger partial charge is 0.416 e. The van der Waals surface area contributed by atoms with Gasteiger partial charge in [-0.05, 0) is 54.1 Å². The van der Waals surface area contributed by atoms with Gasteiger partial charge in [-0.1, -0.05) is 41.3 Å². The first kappa shape index (κ1) is 34.1. The van der Waals surface area contributed by atoms with Crippen LogP contribution in [0.4, 0.5) is 37.7 Å². The normalized spacial score (nSPS) is 19.0. The average Bonchev–Trinajstić information content (AvgIpc) is 3.49. The Labute approximate surface area is 281 Å². The molecule has 0 spiro atoms. The fraction of sp³-hybridized carbons (Fsp3) is 0.250. The van der Waals surface area contributed by atoms with Crippen LogP contribution in [0, 0.1) is 5.92 Å². The van der Waals surface area contributed by atoms with Crippen LogP contribution in [0.3, 0.4) is 0 Å². The maximum Gasteiger partial charge on any atom is 0.416 e. The lowest BCUT2D eigenvalue weighted by Gasteiger charge is -2.31. The third kappa shape index (κ3) is 6.27. The van der Waals surface area contributed by atoms with Crippen LogP contribution in [0.15, 0.2) is 76.6 Å². The minimum Gasteiger partial charge on any atom is -0.493 e. The highest BCUT2D eigenvalue weighted by molar-refractivity contribution is 8.00. The zero-order valence-corrected chi connectivity index (χ0v) is 26.9. The first-order valence-electron chi connectivity index (χ1n) is 14.3. The van der Waals surface area contributed by atoms with Crippen LogP contribution in [0.1, 0.15) is 27.5 Å². The van der Waals surface area contributed by atoms with Gasteiger partial charge in [-0.25, -0.2) is 4.90 Å². The minimum absolute atomic E-state index is 0.155. The van der Waals surface area contributed by atoms with Gasteiger partial charge in [0.25, 0.3) is 0 Å². The van der Waals surface area contributed by atoms with Crippen molar-refractivity contribution in [2.45, 2.75) is 35.1 Å². The van der Waals surface area contributed by atoms with Crippen LogP contribution in [0.5, 0.6) is 11.5 Å². The molecule has 49 heavy (non-hydrogen) atoms. The first-order chi connectivity index (χ1) is 23.1. The summed E-state index contributed by atoms with van der Waals surface area (Å²) in [7, 11) is 2.79. The number of nitrogens with one attached hydrogen (secondary N) is 1. The molecule has 17 heteroatoms. The van der Waals surface area contributed by atoms with E-state index in [0.29, 0.717) is 38.5 Å². The summed E-state index contributed by atoms with van der Waals surface area (Å²) in [6, 6.07) is 12.4. The summed E-state index contributed by atoms with van der Waals surface area (Å²) in [6.07, 6.45) is -9.41. The third-order valence-electron chi connectivity index (χ3n) is 8.02. The standard InChI is InChI=1S/C32H23F6N3O6S2/c1-46-20-10-9-15(11-21(20)47-2)23-24-25(28(44)41(27(24)43)19-8-4-6-17(13-19)32(36,37)38)48-29-26(23)49-30(45)40(29)14-22(42)39-18-7-3-5-16(12-18)31(33,34)35/h3-13,23-25H,14H2,1-2H3,(H,39,42)/t23-,24?,25?/m1/s1. The number of imide groups is 1. The summed E-state index contributed by atoms with van der Waals surface area (Å²) in [6.45, 7) is -0.649. The van der Waals surface area contributed by atoms with E-state index in [-0.39, 0.29) is 22.2 Å². The zero-order chi connectivity index (χ0) is 35.4. The summed E-state index contributed by atoms with van der Waals surface area (Å²) in [5, 5.41) is 1.28. The molecule has 3 heterocycles. The Morgan fingerprint density at radius 1 is 0.837 bits per heavy atom. The van der Waals surface area contributed by atoms with Crippen molar-refractivity contribution in [2.24, 2.45) is 5.92 Å². The lowest BCUT2D eigenvalue weighted by molar-refractivity contribution is -0.138. The van der Waals surface area contributed by atoms with Crippen molar-refractivity contribution in [1.29, 1.82) is 0 Å². The molecule has 3 aromatic carbocycles. The molecular weight excluding hydrogens is 700 g/mol. The fourth-order valence-corrected chi connectivity index (χ4v) is 8.63. The van der Waals surface area contributed by atoms with Gasteiger partial charge >= 0.3 is 17.2 Å². The Balaban J connectivity index is 1.42. The number of carbonyl (C=O) groups is 3. The Kier molecular flexibility index (Phi) is 8.77. The number of benzene rings is 3. The Morgan fingerprint density at radius 3 is 2.14 bits per heavy atom. The molecule has 256 valence electrons. The van der Waals surface area contributed by atoms with Crippen LogP contribution in [0.25, 0.3) is 0 Å². The number of thiazole rings is 1. The van der Waals surface area contributed by atoms with Gasteiger partial charge in [0.1, 0.15) is 11.8 Å². The van der Waals surface area contributed by atoms with Crippen LogP contribution in [-0.2, 0) is 33.3 Å². The summed E-state index contributed by atoms with van der Waals surface area (Å²) in [5.41, 5.74) is -2.09. The van der Waals surface area contributed by atoms with Crippen LogP contribution < -0.4 is 24.6 Å². The Hall–Kier alpha value is -4.77. The number of hydrogen-bond donors (Lipinski definition) is 1. The maximum atomic E-state index is 14.1. The molecule has 1 aromatic heterocycles. The topological polar surface area (TPSA) is 107 Å². The molecule has 1 fully saturated rings. The van der Waals surface area contributed by atoms with E-state index in [0.717, 1.165) is 46.7 Å². The van der Waals surface area contributed by atoms with Gasteiger partial charge in [-0.3, -0.25) is 23.7 Å². The number of halogens is 6. The number of anilines is 2. The number of nitrogens with zero attached hydrogens (tertiary/aromatic N) is 2. The molecule has 0 radical (unpaired) electrons. The first-order valence-corrected chi connectivity index (χ1v) is 16.0. The number of amides is 3. The molecule has 1 N–H and O–H groups in total. The highest BCUT2D eigenvalue weighted by Gasteiger charge is 2.57. The molecular formula is C32H23F6N3O6S2. The SMILES string of the molecule is COc1ccc([C@H]2c3sc(=O)n(CC(=O)Nc4cccc(C(F)(F)F)c4)c3SC3C(=O)N(c4cccc(C(F)(F)F)c4)C(=O)C32)cc1OC. The summed E-state index contributed by atoms with van der Waals surface area (Å²) in [4.78, 5) is 54.8. The number of thioether (sulfide) groups is 1. The summed E-state index contributed by atoms with van der Waals surface area (Å²) >= 11 is 1.53. The highest BCUT2D eigenvalue weighted by atomic mass is 32.2. The van der Waals surface area contributed by atoms with E-state index in [9.17, 15) is 45.5 Å². The molecule has 0 aliphatic carbocycles. The number of aromatic nitrogens is 1. The van der Waals surface area contributed by atoms with Crippen molar-refractivity contribution in [3.63, 3.8) is 0 Å². The Bertz CT molecular complexity index is 2040. The van der Waals surface area contributed by atoms with Crippen molar-refractivity contribution >= 4 is 52.2 Å². The number of ether oxygens (including phenoxy) is 2. The molecule has 6 rings (SSSR count). The van der Waals surface area contributed by atoms with Crippen LogP contribution in [-0.4, -0.2) is 41.8 Å². The van der Waals surface area contributed by atoms with Crippen molar-refractivity contribution in [1.82, 2.24) is 4.57 Å². The molecule has 4 aromatic rings. The molecule has 2 aliphatic heterocycles. The van der Waals surface area contributed by atoms with Gasteiger partial charge < -0.3 is 14.8 Å². The molecule has 0 bridgehead atoms. The second kappa shape index (κ2) is 12.6. The largest absolute Gasteiger partial charge is 0.493 e. The highest BCUT2D eigenvalue weighted by Crippen LogP contribution is 2.54. The van der Waals surface area contributed by atoms with Gasteiger partial charge in [-0.15, -0.1) is 0 Å². The van der Waals surface area contributed by atoms with Gasteiger partial charge in [0, 0.05) is 16.5 Å². The fourth-order valence-electron chi connectivity index (χ4n) is 5.85. The van der Waals surface area contributed by atoms with E-state index in [1.165, 1.54) is 26.4 Å². The predicted molar refractivity (Wildman–Crippen MR) is 167 cm³/mol. The molecule has 2 unspecified atom stereocenters. The van der Waals surface area contributed by atoms with Gasteiger partial charge in [0.15, 0.2) is 11.5 Å². The Morgan fingerprint density at radius 2 is 1.49 bits per heavy atom. The maximum absolute atomic E-state index is 14.1. The van der Waals surface area contributed by atoms with E-state index in [4.69, 9.17) is 9.47 Å². The lowest BCUT2D eigenvalue weighted by Crippen LogP contribution is -2.33. The molecule has 1 saturated heterocycles. The van der Waals surface area contributed by atoms with Crippen molar-refractivity contribution in [2.75, 3.05) is 24.4 Å². The average molecular weight is 724 g/mol. The number of methoxy groups -OCH3 is 2. The minimum atomic E-state index is -4.75. The molecule has 0 saturated carbocycles. The van der Waals surface area contributed by atoms with Crippen molar-refractivity contribution < 1.29 is 50.2 Å². The number of hydrogen-bond acceptors (Lipinski definition) is 8. The van der Waals surface area contributed by atoms with Gasteiger partial charge in [0.05, 0.1) is 42.0 Å². The lowest BCUT2D eigenvalue weighted by atomic mass is 9.83. The van der Waals surface area contributed by atoms with E-state index < -0.39 is 69.7 Å². The van der Waals surface area contributed by atoms with E-state index in [1.54, 1.807) is 18.2 Å². The summed E-state index contributed by atoms with van der Waals surface area (Å²) in [5.74, 6) is -4.02. The van der Waals surface area contributed by atoms with E-state index in [2.05, 4.69) is 5.32 Å². The van der Waals surface area contributed by atoms with Gasteiger partial charge in [0.2, 0.25) is 17.7 Å². The number of fused-ring (bicyclic) bond motifs is 2. The quantitative estimate of drug-likeness (QED) is 0.174. The van der Waals surface area contributed by atoms with Crippen molar-refractivity contribution in [3.8, 4) is 11.5 Å². The van der Waals surface area contributed by atoms with Crippen LogP contribution in [0.2, 0.25) is 0 Å². The summed E-state index contributed by atoms with van der Waals surface area (Å²) < 4.78 is 92.2. The van der Waals surface area contributed by atoms with Crippen LogP contribution >= 0.6 is 23.1 Å². The van der Waals surface area contributed by atoms with Crippen molar-refractivity contribution in [3.05, 3.63) is 98.0 Å². The second-order valence-corrected chi connectivity index (χ2v) is 13.1. The number of alkyl halides is 6. The zero-order valence-electron chi connectivity index (χ0n) is 25.2. The monoisotopic (exact) mass is 723 g/mol. The molecule has 2 aliphatic rings. The van der Waals surface area contributed by atoms with E-state index >= 15 is 0 Å². The van der Waals surface area contributed by atoms with Gasteiger partial charge in [-0.2, -0.15) is 26.3 Å². The molecule has 9 nitrogen and oxygen atoms in total. The van der Waals surface area contributed by atoms with E-state index in [1.807, 2.05) is 0 Å². The molecule has 3 amide bonds. The second-order valence-electron chi connectivity index (χ2n) is 11.0. The predicted octanol–water partition coefficient (Wildman–Crippen LogP) is 6.40. The number of rotatable bonds is 7. The third-order valence-corrected chi connectivity index (χ3v) is 10.6.